The van der Waals surface area contributed by atoms with Crippen LogP contribution in [0.5, 0.6) is 11.5 Å². The molecule has 2 aromatic carbocycles. The lowest BCUT2D eigenvalue weighted by molar-refractivity contribution is -0.384. The first-order chi connectivity index (χ1) is 9.52. The smallest absolute Gasteiger partial charge is 0.334 e. The third-order valence-electron chi connectivity index (χ3n) is 2.56. The average Bonchev–Trinajstić information content (AvgIpc) is 2.41. The first kappa shape index (κ1) is 14.6. The van der Waals surface area contributed by atoms with Crippen LogP contribution >= 0.6 is 27.5 Å². The van der Waals surface area contributed by atoms with Gasteiger partial charge in [-0.15, -0.1) is 0 Å². The van der Waals surface area contributed by atoms with Crippen molar-refractivity contribution in [2.75, 3.05) is 12.4 Å². The van der Waals surface area contributed by atoms with Gasteiger partial charge in [0.25, 0.3) is 0 Å². The molecule has 0 radical (unpaired) electrons. The fraction of sp³-hybridized carbons (Fsp3) is 0.0769. The Morgan fingerprint density at radius 3 is 2.65 bits per heavy atom. The van der Waals surface area contributed by atoms with Gasteiger partial charge in [-0.05, 0) is 46.3 Å². The lowest BCUT2D eigenvalue weighted by Gasteiger charge is -2.10. The van der Waals surface area contributed by atoms with E-state index in [1.807, 2.05) is 0 Å². The first-order valence-electron chi connectivity index (χ1n) is 5.61. The molecule has 2 aromatic rings. The number of hydrogen-bond acceptors (Lipinski definition) is 4. The van der Waals surface area contributed by atoms with E-state index in [4.69, 9.17) is 16.3 Å². The number of benzene rings is 2. The zero-order valence-electron chi connectivity index (χ0n) is 10.4. The standard InChI is InChI=1S/C13H10BrClN2O3/c1-16-10-3-2-4-12(13(10)17(18)19)20-11-6-5-8(15)7-9(11)14/h2-7,16H,1H3. The summed E-state index contributed by atoms with van der Waals surface area (Å²) in [6.07, 6.45) is 0. The monoisotopic (exact) mass is 356 g/mol. The van der Waals surface area contributed by atoms with Gasteiger partial charge in [-0.2, -0.15) is 0 Å². The Balaban J connectivity index is 2.45. The second kappa shape index (κ2) is 6.11. The number of nitro groups is 1. The zero-order valence-corrected chi connectivity index (χ0v) is 12.7. The van der Waals surface area contributed by atoms with Crippen LogP contribution in [-0.4, -0.2) is 12.0 Å². The second-order valence-electron chi connectivity index (χ2n) is 3.84. The molecule has 7 heteroatoms. The number of para-hydroxylation sites is 1. The number of nitrogens with zero attached hydrogens (tertiary/aromatic N) is 1. The van der Waals surface area contributed by atoms with Crippen LogP contribution in [0, 0.1) is 10.1 Å². The van der Waals surface area contributed by atoms with E-state index in [0.29, 0.717) is 20.9 Å². The van der Waals surface area contributed by atoms with Crippen molar-refractivity contribution < 1.29 is 9.66 Å². The molecule has 0 aliphatic rings. The van der Waals surface area contributed by atoms with E-state index in [-0.39, 0.29) is 11.4 Å². The molecule has 0 bridgehead atoms. The Morgan fingerprint density at radius 2 is 2.05 bits per heavy atom. The van der Waals surface area contributed by atoms with E-state index in [0.717, 1.165) is 0 Å². The lowest BCUT2D eigenvalue weighted by atomic mass is 10.2. The van der Waals surface area contributed by atoms with Gasteiger partial charge >= 0.3 is 5.69 Å². The van der Waals surface area contributed by atoms with E-state index in [1.54, 1.807) is 43.4 Å². The molecule has 0 spiro atoms. The summed E-state index contributed by atoms with van der Waals surface area (Å²) in [7, 11) is 1.62. The maximum absolute atomic E-state index is 11.2. The van der Waals surface area contributed by atoms with E-state index in [9.17, 15) is 10.1 Å². The number of nitrogens with one attached hydrogen (secondary N) is 1. The molecule has 0 saturated carbocycles. The van der Waals surface area contributed by atoms with Gasteiger partial charge in [0.05, 0.1) is 9.40 Å². The summed E-state index contributed by atoms with van der Waals surface area (Å²) in [5.41, 5.74) is 0.273. The summed E-state index contributed by atoms with van der Waals surface area (Å²) in [5, 5.41) is 14.5. The van der Waals surface area contributed by atoms with Crippen molar-refractivity contribution in [3.63, 3.8) is 0 Å². The van der Waals surface area contributed by atoms with E-state index in [1.165, 1.54) is 0 Å². The minimum Gasteiger partial charge on any atom is -0.449 e. The molecule has 0 aromatic heterocycles. The molecule has 0 saturated heterocycles. The SMILES string of the molecule is CNc1cccc(Oc2ccc(Cl)cc2Br)c1[N+](=O)[O-]. The number of nitro benzene ring substituents is 1. The molecule has 0 aliphatic carbocycles. The molecular formula is C13H10BrClN2O3. The van der Waals surface area contributed by atoms with Crippen molar-refractivity contribution in [3.05, 3.63) is 56.0 Å². The Hall–Kier alpha value is -1.79. The van der Waals surface area contributed by atoms with Crippen LogP contribution in [0.15, 0.2) is 40.9 Å². The van der Waals surface area contributed by atoms with Crippen LogP contribution in [-0.2, 0) is 0 Å². The van der Waals surface area contributed by atoms with Crippen molar-refractivity contribution in [2.45, 2.75) is 0 Å². The van der Waals surface area contributed by atoms with E-state index in [2.05, 4.69) is 21.2 Å². The Morgan fingerprint density at radius 1 is 1.30 bits per heavy atom. The summed E-state index contributed by atoms with van der Waals surface area (Å²) >= 11 is 9.15. The fourth-order valence-corrected chi connectivity index (χ4v) is 2.43. The third-order valence-corrected chi connectivity index (χ3v) is 3.42. The normalized spacial score (nSPS) is 10.2. The molecule has 5 nitrogen and oxygen atoms in total. The molecule has 2 rings (SSSR count). The molecule has 0 aliphatic heterocycles. The van der Waals surface area contributed by atoms with Gasteiger partial charge in [0.2, 0.25) is 5.75 Å². The maximum atomic E-state index is 11.2. The van der Waals surface area contributed by atoms with Crippen LogP contribution in [0.1, 0.15) is 0 Å². The highest BCUT2D eigenvalue weighted by molar-refractivity contribution is 9.10. The zero-order chi connectivity index (χ0) is 14.7. The highest BCUT2D eigenvalue weighted by Gasteiger charge is 2.21. The quantitative estimate of drug-likeness (QED) is 0.628. The molecule has 0 unspecified atom stereocenters. The van der Waals surface area contributed by atoms with Gasteiger partial charge in [-0.3, -0.25) is 10.1 Å². The van der Waals surface area contributed by atoms with Gasteiger partial charge in [-0.25, -0.2) is 0 Å². The average molecular weight is 358 g/mol. The van der Waals surface area contributed by atoms with Gasteiger partial charge in [-0.1, -0.05) is 17.7 Å². The number of rotatable bonds is 4. The first-order valence-corrected chi connectivity index (χ1v) is 6.78. The van der Waals surface area contributed by atoms with E-state index >= 15 is 0 Å². The topological polar surface area (TPSA) is 64.4 Å². The highest BCUT2D eigenvalue weighted by Crippen LogP contribution is 2.39. The van der Waals surface area contributed by atoms with Gasteiger partial charge < -0.3 is 10.1 Å². The van der Waals surface area contributed by atoms with Gasteiger partial charge in [0, 0.05) is 12.1 Å². The molecule has 1 N–H and O–H groups in total. The van der Waals surface area contributed by atoms with Gasteiger partial charge in [0.15, 0.2) is 0 Å². The summed E-state index contributed by atoms with van der Waals surface area (Å²) in [4.78, 5) is 10.7. The summed E-state index contributed by atoms with van der Waals surface area (Å²) in [6.45, 7) is 0. The summed E-state index contributed by atoms with van der Waals surface area (Å²) in [6, 6.07) is 9.78. The Labute approximate surface area is 128 Å². The molecule has 20 heavy (non-hydrogen) atoms. The molecule has 104 valence electrons. The largest absolute Gasteiger partial charge is 0.449 e. The fourth-order valence-electron chi connectivity index (χ4n) is 1.67. The summed E-state index contributed by atoms with van der Waals surface area (Å²) < 4.78 is 6.23. The van der Waals surface area contributed by atoms with Crippen molar-refractivity contribution >= 4 is 38.9 Å². The second-order valence-corrected chi connectivity index (χ2v) is 5.13. The summed E-state index contributed by atoms with van der Waals surface area (Å²) in [5.74, 6) is 0.607. The highest BCUT2D eigenvalue weighted by atomic mass is 79.9. The van der Waals surface area contributed by atoms with Crippen molar-refractivity contribution in [2.24, 2.45) is 0 Å². The van der Waals surface area contributed by atoms with Crippen molar-refractivity contribution in [1.82, 2.24) is 0 Å². The van der Waals surface area contributed by atoms with Crippen LogP contribution in [0.3, 0.4) is 0 Å². The molecular weight excluding hydrogens is 348 g/mol. The number of ether oxygens (including phenoxy) is 1. The Kier molecular flexibility index (Phi) is 4.46. The molecule has 0 fully saturated rings. The van der Waals surface area contributed by atoms with Crippen molar-refractivity contribution in [1.29, 1.82) is 0 Å². The predicted molar refractivity (Wildman–Crippen MR) is 81.9 cm³/mol. The minimum absolute atomic E-state index is 0.114. The number of anilines is 1. The minimum atomic E-state index is -0.481. The van der Waals surface area contributed by atoms with Crippen LogP contribution in [0.2, 0.25) is 5.02 Å². The van der Waals surface area contributed by atoms with Crippen molar-refractivity contribution in [3.8, 4) is 11.5 Å². The molecule has 0 heterocycles. The third kappa shape index (κ3) is 3.02. The van der Waals surface area contributed by atoms with Crippen LogP contribution in [0.25, 0.3) is 0 Å². The van der Waals surface area contributed by atoms with Gasteiger partial charge in [0.1, 0.15) is 11.4 Å². The number of halogens is 2. The number of hydrogen-bond donors (Lipinski definition) is 1. The lowest BCUT2D eigenvalue weighted by Crippen LogP contribution is -1.99. The van der Waals surface area contributed by atoms with E-state index < -0.39 is 4.92 Å². The Bertz CT molecular complexity index is 664. The van der Waals surface area contributed by atoms with Crippen LogP contribution < -0.4 is 10.1 Å². The van der Waals surface area contributed by atoms with Crippen LogP contribution in [0.4, 0.5) is 11.4 Å². The predicted octanol–water partition coefficient (Wildman–Crippen LogP) is 4.84. The molecule has 0 amide bonds. The maximum Gasteiger partial charge on any atom is 0.334 e. The molecule has 0 atom stereocenters.